The molecule has 2 nitrogen and oxygen atoms in total. The molecule has 0 heterocycles. The van der Waals surface area contributed by atoms with Gasteiger partial charge in [0.1, 0.15) is 5.78 Å². The van der Waals surface area contributed by atoms with Crippen LogP contribution in [0.4, 0.5) is 0 Å². The van der Waals surface area contributed by atoms with Crippen LogP contribution in [0.3, 0.4) is 0 Å². The van der Waals surface area contributed by atoms with Gasteiger partial charge in [-0.25, -0.2) is 0 Å². The first kappa shape index (κ1) is 13.9. The van der Waals surface area contributed by atoms with E-state index in [1.165, 1.54) is 25.7 Å². The van der Waals surface area contributed by atoms with Crippen molar-refractivity contribution in [2.24, 2.45) is 0 Å². The van der Waals surface area contributed by atoms with Crippen molar-refractivity contribution in [1.82, 2.24) is 0 Å². The van der Waals surface area contributed by atoms with E-state index in [1.54, 1.807) is 0 Å². The molecule has 0 N–H and O–H groups in total. The molecule has 0 saturated carbocycles. The van der Waals surface area contributed by atoms with Crippen LogP contribution in [0.15, 0.2) is 12.2 Å². The quantitative estimate of drug-likeness (QED) is 0.426. The van der Waals surface area contributed by atoms with Crippen molar-refractivity contribution in [2.45, 2.75) is 58.3 Å². The topological polar surface area (TPSA) is 40.9 Å². The zero-order valence-electron chi connectivity index (χ0n) is 9.72. The first-order valence-corrected chi connectivity index (χ1v) is 5.80. The number of hydrogen-bond donors (Lipinski definition) is 0. The third-order valence-electron chi connectivity index (χ3n) is 2.38. The lowest BCUT2D eigenvalue weighted by Crippen LogP contribution is -1.98. The van der Waals surface area contributed by atoms with Crippen LogP contribution in [0.5, 0.6) is 0 Å². The molecule has 0 spiro atoms. The predicted molar refractivity (Wildman–Crippen MR) is 62.4 cm³/mol. The van der Waals surface area contributed by atoms with E-state index in [-0.39, 0.29) is 12.2 Å². The second-order valence-corrected chi connectivity index (χ2v) is 3.95. The molecule has 0 aromatic rings. The molecule has 2 heteroatoms. The van der Waals surface area contributed by atoms with Crippen LogP contribution >= 0.6 is 0 Å². The minimum atomic E-state index is 0.150. The highest BCUT2D eigenvalue weighted by molar-refractivity contribution is 5.81. The van der Waals surface area contributed by atoms with Gasteiger partial charge in [-0.1, -0.05) is 45.6 Å². The first-order chi connectivity index (χ1) is 7.20. The van der Waals surface area contributed by atoms with Crippen LogP contribution in [0.2, 0.25) is 0 Å². The van der Waals surface area contributed by atoms with Gasteiger partial charge in [-0.3, -0.25) is 4.79 Å². The van der Waals surface area contributed by atoms with Gasteiger partial charge in [0.2, 0.25) is 0 Å². The second-order valence-electron chi connectivity index (χ2n) is 3.95. The Labute approximate surface area is 93.0 Å². The number of nitriles is 1. The third-order valence-corrected chi connectivity index (χ3v) is 2.38. The highest BCUT2D eigenvalue weighted by Crippen LogP contribution is 2.09. The molecule has 0 aliphatic carbocycles. The number of allylic oxidation sites excluding steroid dienone is 1. The Bertz CT molecular complexity index is 237. The monoisotopic (exact) mass is 207 g/mol. The summed E-state index contributed by atoms with van der Waals surface area (Å²) in [7, 11) is 0. The predicted octanol–water partition coefficient (Wildman–Crippen LogP) is 3.78. The van der Waals surface area contributed by atoms with E-state index in [0.717, 1.165) is 12.8 Å². The van der Waals surface area contributed by atoms with Gasteiger partial charge < -0.3 is 0 Å². The third kappa shape index (κ3) is 9.21. The number of rotatable bonds is 9. The van der Waals surface area contributed by atoms with Gasteiger partial charge in [-0.2, -0.15) is 5.26 Å². The highest BCUT2D eigenvalue weighted by Gasteiger charge is 2.03. The van der Waals surface area contributed by atoms with Gasteiger partial charge in [0.15, 0.2) is 0 Å². The normalized spacial score (nSPS) is 9.60. The molecule has 15 heavy (non-hydrogen) atoms. The summed E-state index contributed by atoms with van der Waals surface area (Å²) in [6.07, 6.45) is 7.97. The molecule has 0 aromatic carbocycles. The molecule has 0 fully saturated rings. The molecule has 0 atom stereocenters. The van der Waals surface area contributed by atoms with Crippen molar-refractivity contribution in [2.75, 3.05) is 0 Å². The molecule has 0 rings (SSSR count). The number of hydrogen-bond acceptors (Lipinski definition) is 2. The van der Waals surface area contributed by atoms with E-state index in [1.807, 2.05) is 6.07 Å². The number of ketones is 1. The summed E-state index contributed by atoms with van der Waals surface area (Å²) in [6.45, 7) is 5.69. The highest BCUT2D eigenvalue weighted by atomic mass is 16.1. The van der Waals surface area contributed by atoms with Gasteiger partial charge >= 0.3 is 0 Å². The maximum Gasteiger partial charge on any atom is 0.137 e. The summed E-state index contributed by atoms with van der Waals surface area (Å²) in [4.78, 5) is 11.3. The van der Waals surface area contributed by atoms with E-state index in [9.17, 15) is 4.79 Å². The summed E-state index contributed by atoms with van der Waals surface area (Å²) in [5, 5.41) is 8.45. The maximum atomic E-state index is 11.3. The molecule has 84 valence electrons. The van der Waals surface area contributed by atoms with Crippen LogP contribution in [-0.4, -0.2) is 5.78 Å². The number of carbonyl (C=O) groups is 1. The smallest absolute Gasteiger partial charge is 0.137 e. The average molecular weight is 207 g/mol. The first-order valence-electron chi connectivity index (χ1n) is 5.80. The van der Waals surface area contributed by atoms with Crippen molar-refractivity contribution in [3.05, 3.63) is 12.2 Å². The average Bonchev–Trinajstić information content (AvgIpc) is 2.23. The lowest BCUT2D eigenvalue weighted by molar-refractivity contribution is -0.118. The lowest BCUT2D eigenvalue weighted by atomic mass is 10.0. The molecule has 0 radical (unpaired) electrons. The Morgan fingerprint density at radius 1 is 1.20 bits per heavy atom. The van der Waals surface area contributed by atoms with Gasteiger partial charge in [0.05, 0.1) is 6.07 Å². The Kier molecular flexibility index (Phi) is 8.76. The largest absolute Gasteiger partial charge is 0.299 e. The van der Waals surface area contributed by atoms with Crippen LogP contribution in [-0.2, 0) is 4.79 Å². The molecule has 0 aliphatic rings. The summed E-state index contributed by atoms with van der Waals surface area (Å²) < 4.78 is 0. The van der Waals surface area contributed by atoms with E-state index in [4.69, 9.17) is 5.26 Å². The van der Waals surface area contributed by atoms with E-state index in [2.05, 4.69) is 13.5 Å². The number of Topliss-reactive ketones (excluding diaryl/α,β-unsaturated/α-hetero) is 1. The summed E-state index contributed by atoms with van der Waals surface area (Å²) >= 11 is 0. The van der Waals surface area contributed by atoms with Gasteiger partial charge in [0.25, 0.3) is 0 Å². The van der Waals surface area contributed by atoms with Crippen molar-refractivity contribution in [1.29, 1.82) is 5.26 Å². The van der Waals surface area contributed by atoms with Crippen LogP contribution < -0.4 is 0 Å². The standard InChI is InChI=1S/C13H21NO/c1-3-4-5-6-7-8-9-13(15)10-12(2)11-14/h2-10H2,1H3. The van der Waals surface area contributed by atoms with Crippen LogP contribution in [0.25, 0.3) is 0 Å². The van der Waals surface area contributed by atoms with Gasteiger partial charge in [-0.05, 0) is 6.42 Å². The molecule has 0 aromatic heterocycles. The van der Waals surface area contributed by atoms with Crippen LogP contribution in [0.1, 0.15) is 58.3 Å². The van der Waals surface area contributed by atoms with Crippen LogP contribution in [0, 0.1) is 11.3 Å². The molecular formula is C13H21NO. The molecular weight excluding hydrogens is 186 g/mol. The Hall–Kier alpha value is -1.10. The fourth-order valence-electron chi connectivity index (χ4n) is 1.47. The molecule has 0 amide bonds. The Balaban J connectivity index is 3.32. The van der Waals surface area contributed by atoms with E-state index >= 15 is 0 Å². The zero-order valence-corrected chi connectivity index (χ0v) is 9.72. The van der Waals surface area contributed by atoms with Crippen molar-refractivity contribution in [3.8, 4) is 6.07 Å². The fraction of sp³-hybridized carbons (Fsp3) is 0.692. The summed E-state index contributed by atoms with van der Waals surface area (Å²) in [6, 6.07) is 1.90. The minimum absolute atomic E-state index is 0.150. The van der Waals surface area contributed by atoms with Gasteiger partial charge in [0, 0.05) is 18.4 Å². The summed E-state index contributed by atoms with van der Waals surface area (Å²) in [5.74, 6) is 0.150. The van der Waals surface area contributed by atoms with Crippen molar-refractivity contribution in [3.63, 3.8) is 0 Å². The molecule has 0 aliphatic heterocycles. The molecule has 0 saturated heterocycles. The SMILES string of the molecule is C=C(C#N)CC(=O)CCCCCCCC. The van der Waals surface area contributed by atoms with Crippen molar-refractivity contribution >= 4 is 5.78 Å². The Morgan fingerprint density at radius 2 is 1.80 bits per heavy atom. The van der Waals surface area contributed by atoms with E-state index < -0.39 is 0 Å². The van der Waals surface area contributed by atoms with Gasteiger partial charge in [-0.15, -0.1) is 0 Å². The molecule has 0 bridgehead atoms. The van der Waals surface area contributed by atoms with Crippen molar-refractivity contribution < 1.29 is 4.79 Å². The zero-order chi connectivity index (χ0) is 11.5. The molecule has 0 unspecified atom stereocenters. The number of unbranched alkanes of at least 4 members (excludes halogenated alkanes) is 5. The summed E-state index contributed by atoms with van der Waals surface area (Å²) in [5.41, 5.74) is 0.381. The Morgan fingerprint density at radius 3 is 2.40 bits per heavy atom. The fourth-order valence-corrected chi connectivity index (χ4v) is 1.47. The number of carbonyl (C=O) groups excluding carboxylic acids is 1. The maximum absolute atomic E-state index is 11.3. The second kappa shape index (κ2) is 9.45. The number of nitrogens with zero attached hydrogens (tertiary/aromatic N) is 1. The lowest BCUT2D eigenvalue weighted by Gasteiger charge is -2.00. The minimum Gasteiger partial charge on any atom is -0.299 e. The van der Waals surface area contributed by atoms with E-state index in [0.29, 0.717) is 12.0 Å².